The van der Waals surface area contributed by atoms with Crippen LogP contribution in [0, 0.1) is 0 Å². The Balaban J connectivity index is 2.18. The van der Waals surface area contributed by atoms with Gasteiger partial charge in [-0.2, -0.15) is 0 Å². The Hall–Kier alpha value is -1.37. The van der Waals surface area contributed by atoms with Gasteiger partial charge >= 0.3 is 0 Å². The number of pyridine rings is 1. The van der Waals surface area contributed by atoms with Crippen molar-refractivity contribution in [2.75, 3.05) is 47.7 Å². The second-order valence-corrected chi connectivity index (χ2v) is 4.48. The highest BCUT2D eigenvalue weighted by Crippen LogP contribution is 2.28. The number of nitrogens with one attached hydrogen (secondary N) is 1. The number of aromatic nitrogens is 1. The molecule has 0 aliphatic carbocycles. The minimum Gasteiger partial charge on any atom is -0.493 e. The lowest BCUT2D eigenvalue weighted by molar-refractivity contribution is 0.0688. The van der Waals surface area contributed by atoms with Crippen molar-refractivity contribution in [3.63, 3.8) is 0 Å². The van der Waals surface area contributed by atoms with Crippen molar-refractivity contribution in [2.24, 2.45) is 0 Å². The molecule has 6 nitrogen and oxygen atoms in total. The first-order valence-corrected chi connectivity index (χ1v) is 7.16. The maximum absolute atomic E-state index is 5.40. The average molecular weight is 298 g/mol. The van der Waals surface area contributed by atoms with Gasteiger partial charge < -0.3 is 24.3 Å². The monoisotopic (exact) mass is 298 g/mol. The number of methoxy groups -OCH3 is 3. The molecule has 0 saturated heterocycles. The van der Waals surface area contributed by atoms with E-state index in [1.165, 1.54) is 0 Å². The highest BCUT2D eigenvalue weighted by molar-refractivity contribution is 5.42. The summed E-state index contributed by atoms with van der Waals surface area (Å²) < 4.78 is 20.9. The molecular formula is C15H26N2O4. The molecule has 1 aromatic rings. The van der Waals surface area contributed by atoms with E-state index in [4.69, 9.17) is 18.9 Å². The van der Waals surface area contributed by atoms with Crippen LogP contribution in [0.1, 0.15) is 18.5 Å². The van der Waals surface area contributed by atoms with E-state index in [0.717, 1.165) is 31.7 Å². The maximum Gasteiger partial charge on any atom is 0.183 e. The van der Waals surface area contributed by atoms with Gasteiger partial charge in [-0.3, -0.25) is 4.98 Å². The lowest BCUT2D eigenvalue weighted by Crippen LogP contribution is -2.17. The van der Waals surface area contributed by atoms with Crippen LogP contribution < -0.4 is 14.8 Å². The van der Waals surface area contributed by atoms with Gasteiger partial charge in [0.15, 0.2) is 11.5 Å². The molecule has 0 saturated carbocycles. The van der Waals surface area contributed by atoms with E-state index in [1.54, 1.807) is 33.6 Å². The third-order valence-electron chi connectivity index (χ3n) is 2.98. The molecule has 1 N–H and O–H groups in total. The molecule has 1 heterocycles. The van der Waals surface area contributed by atoms with Crippen LogP contribution >= 0.6 is 0 Å². The van der Waals surface area contributed by atoms with Gasteiger partial charge in [-0.15, -0.1) is 0 Å². The van der Waals surface area contributed by atoms with Gasteiger partial charge in [0.25, 0.3) is 0 Å². The third-order valence-corrected chi connectivity index (χ3v) is 2.98. The first-order chi connectivity index (χ1) is 10.3. The summed E-state index contributed by atoms with van der Waals surface area (Å²) in [7, 11) is 4.92. The Bertz CT molecular complexity index is 388. The van der Waals surface area contributed by atoms with E-state index in [2.05, 4.69) is 10.3 Å². The van der Waals surface area contributed by atoms with E-state index in [1.807, 2.05) is 0 Å². The van der Waals surface area contributed by atoms with E-state index in [0.29, 0.717) is 31.3 Å². The normalized spacial score (nSPS) is 10.6. The molecule has 0 atom stereocenters. The van der Waals surface area contributed by atoms with Crippen molar-refractivity contribution >= 4 is 0 Å². The van der Waals surface area contributed by atoms with Crippen LogP contribution in [-0.2, 0) is 16.0 Å². The van der Waals surface area contributed by atoms with Gasteiger partial charge in [-0.25, -0.2) is 0 Å². The zero-order chi connectivity index (χ0) is 15.3. The number of unbranched alkanes of at least 4 members (excludes halogenated alkanes) is 1. The molecule has 0 radical (unpaired) electrons. The lowest BCUT2D eigenvalue weighted by Gasteiger charge is -2.12. The van der Waals surface area contributed by atoms with Crippen molar-refractivity contribution < 1.29 is 18.9 Å². The van der Waals surface area contributed by atoms with Gasteiger partial charge in [0.05, 0.1) is 33.1 Å². The number of hydrogen-bond acceptors (Lipinski definition) is 6. The maximum atomic E-state index is 5.40. The minimum absolute atomic E-state index is 0.652. The van der Waals surface area contributed by atoms with Crippen LogP contribution in [0.2, 0.25) is 0 Å². The highest BCUT2D eigenvalue weighted by Gasteiger charge is 2.10. The second-order valence-electron chi connectivity index (χ2n) is 4.48. The van der Waals surface area contributed by atoms with Gasteiger partial charge in [-0.05, 0) is 19.4 Å². The van der Waals surface area contributed by atoms with E-state index >= 15 is 0 Å². The molecule has 0 amide bonds. The van der Waals surface area contributed by atoms with Gasteiger partial charge in [0, 0.05) is 32.5 Å². The van der Waals surface area contributed by atoms with E-state index in [-0.39, 0.29) is 0 Å². The Kier molecular flexibility index (Phi) is 9.52. The van der Waals surface area contributed by atoms with E-state index < -0.39 is 0 Å². The molecule has 0 spiro atoms. The molecule has 0 fully saturated rings. The Morgan fingerprint density at radius 3 is 2.62 bits per heavy atom. The Morgan fingerprint density at radius 2 is 1.90 bits per heavy atom. The number of hydrogen-bond donors (Lipinski definition) is 1. The summed E-state index contributed by atoms with van der Waals surface area (Å²) >= 11 is 0. The van der Waals surface area contributed by atoms with Gasteiger partial charge in [0.2, 0.25) is 0 Å². The number of rotatable bonds is 12. The largest absolute Gasteiger partial charge is 0.493 e. The molecule has 6 heteroatoms. The summed E-state index contributed by atoms with van der Waals surface area (Å²) in [6, 6.07) is 1.79. The molecule has 0 bridgehead atoms. The molecular weight excluding hydrogens is 272 g/mol. The first-order valence-electron chi connectivity index (χ1n) is 7.16. The second kappa shape index (κ2) is 11.3. The summed E-state index contributed by atoms with van der Waals surface area (Å²) in [6.07, 6.45) is 3.81. The molecule has 0 aromatic carbocycles. The fourth-order valence-electron chi connectivity index (χ4n) is 1.88. The Labute approximate surface area is 126 Å². The predicted molar refractivity (Wildman–Crippen MR) is 81.0 cm³/mol. The van der Waals surface area contributed by atoms with Crippen LogP contribution in [0.25, 0.3) is 0 Å². The summed E-state index contributed by atoms with van der Waals surface area (Å²) in [5.74, 6) is 1.39. The highest BCUT2D eigenvalue weighted by atomic mass is 16.5. The van der Waals surface area contributed by atoms with Crippen LogP contribution in [0.4, 0.5) is 0 Å². The minimum atomic E-state index is 0.652. The molecule has 1 rings (SSSR count). The molecule has 0 aliphatic heterocycles. The van der Waals surface area contributed by atoms with Crippen LogP contribution in [0.3, 0.4) is 0 Å². The van der Waals surface area contributed by atoms with Crippen LogP contribution in [0.5, 0.6) is 11.5 Å². The molecule has 21 heavy (non-hydrogen) atoms. The fourth-order valence-corrected chi connectivity index (χ4v) is 1.88. The summed E-state index contributed by atoms with van der Waals surface area (Å²) in [5, 5.41) is 3.35. The van der Waals surface area contributed by atoms with Crippen molar-refractivity contribution in [3.05, 3.63) is 18.0 Å². The van der Waals surface area contributed by atoms with Gasteiger partial charge in [-0.1, -0.05) is 0 Å². The Morgan fingerprint density at radius 1 is 1.05 bits per heavy atom. The summed E-state index contributed by atoms with van der Waals surface area (Å²) in [4.78, 5) is 4.32. The van der Waals surface area contributed by atoms with Crippen molar-refractivity contribution in [2.45, 2.75) is 19.4 Å². The topological polar surface area (TPSA) is 61.8 Å². The zero-order valence-electron chi connectivity index (χ0n) is 13.2. The van der Waals surface area contributed by atoms with Gasteiger partial charge in [0.1, 0.15) is 0 Å². The zero-order valence-corrected chi connectivity index (χ0v) is 13.2. The van der Waals surface area contributed by atoms with Crippen molar-refractivity contribution in [3.8, 4) is 11.5 Å². The van der Waals surface area contributed by atoms with Crippen LogP contribution in [-0.4, -0.2) is 52.7 Å². The number of ether oxygens (including phenoxy) is 4. The molecule has 0 aliphatic rings. The molecule has 0 unspecified atom stereocenters. The lowest BCUT2D eigenvalue weighted by atomic mass is 10.3. The first kappa shape index (κ1) is 17.7. The number of nitrogens with zero attached hydrogens (tertiary/aromatic N) is 1. The summed E-state index contributed by atoms with van der Waals surface area (Å²) in [6.45, 7) is 3.65. The fraction of sp³-hybridized carbons (Fsp3) is 0.667. The SMILES string of the molecule is COCCOCCCCNCc1nccc(OC)c1OC. The third kappa shape index (κ3) is 6.75. The van der Waals surface area contributed by atoms with Crippen LogP contribution in [0.15, 0.2) is 12.3 Å². The average Bonchev–Trinajstić information content (AvgIpc) is 2.52. The smallest absolute Gasteiger partial charge is 0.183 e. The quantitative estimate of drug-likeness (QED) is 0.592. The van der Waals surface area contributed by atoms with Crippen molar-refractivity contribution in [1.29, 1.82) is 0 Å². The molecule has 1 aromatic heterocycles. The predicted octanol–water partition coefficient (Wildman–Crippen LogP) is 1.63. The standard InChI is InChI=1S/C15H26N2O4/c1-18-10-11-21-9-5-4-7-16-12-13-15(20-3)14(19-2)6-8-17-13/h6,8,16H,4-5,7,9-12H2,1-3H3. The van der Waals surface area contributed by atoms with E-state index in [9.17, 15) is 0 Å². The summed E-state index contributed by atoms with van der Waals surface area (Å²) in [5.41, 5.74) is 0.855. The van der Waals surface area contributed by atoms with Crippen molar-refractivity contribution in [1.82, 2.24) is 10.3 Å². The molecule has 120 valence electrons.